The number of oxazole rings is 1. The SMILES string of the molecule is COc1ccc(OC)c(-c2nc(CCl)co2)c1. The third-order valence-electron chi connectivity index (χ3n) is 2.33. The number of benzene rings is 1. The normalized spacial score (nSPS) is 10.3. The number of hydrogen-bond donors (Lipinski definition) is 0. The van der Waals surface area contributed by atoms with Gasteiger partial charge in [0.15, 0.2) is 0 Å². The Morgan fingerprint density at radius 1 is 1.29 bits per heavy atom. The molecule has 0 aliphatic heterocycles. The number of nitrogens with zero attached hydrogens (tertiary/aromatic N) is 1. The zero-order valence-corrected chi connectivity index (χ0v) is 10.3. The van der Waals surface area contributed by atoms with Crippen LogP contribution in [0.1, 0.15) is 5.69 Å². The summed E-state index contributed by atoms with van der Waals surface area (Å²) in [4.78, 5) is 4.25. The third kappa shape index (κ3) is 2.36. The van der Waals surface area contributed by atoms with E-state index in [9.17, 15) is 0 Å². The van der Waals surface area contributed by atoms with Crippen LogP contribution in [0, 0.1) is 0 Å². The number of hydrogen-bond acceptors (Lipinski definition) is 4. The van der Waals surface area contributed by atoms with Crippen molar-refractivity contribution in [1.29, 1.82) is 0 Å². The predicted octanol–water partition coefficient (Wildman–Crippen LogP) is 3.10. The highest BCUT2D eigenvalue weighted by atomic mass is 35.5. The van der Waals surface area contributed by atoms with Crippen molar-refractivity contribution in [2.24, 2.45) is 0 Å². The lowest BCUT2D eigenvalue weighted by atomic mass is 10.2. The Balaban J connectivity index is 2.47. The maximum absolute atomic E-state index is 5.68. The highest BCUT2D eigenvalue weighted by Gasteiger charge is 2.13. The van der Waals surface area contributed by atoms with E-state index < -0.39 is 0 Å². The van der Waals surface area contributed by atoms with E-state index >= 15 is 0 Å². The summed E-state index contributed by atoms with van der Waals surface area (Å²) in [6.45, 7) is 0. The van der Waals surface area contributed by atoms with Gasteiger partial charge in [0, 0.05) is 0 Å². The van der Waals surface area contributed by atoms with Crippen LogP contribution < -0.4 is 9.47 Å². The minimum atomic E-state index is 0.315. The van der Waals surface area contributed by atoms with Crippen LogP contribution in [0.15, 0.2) is 28.9 Å². The van der Waals surface area contributed by atoms with Crippen molar-refractivity contribution in [2.45, 2.75) is 5.88 Å². The fourth-order valence-corrected chi connectivity index (χ4v) is 1.60. The van der Waals surface area contributed by atoms with Crippen molar-refractivity contribution < 1.29 is 13.9 Å². The first-order chi connectivity index (χ1) is 8.28. The standard InChI is InChI=1S/C12H12ClNO3/c1-15-9-3-4-11(16-2)10(5-9)12-14-8(6-13)7-17-12/h3-5,7H,6H2,1-2H3. The van der Waals surface area contributed by atoms with Gasteiger partial charge in [-0.3, -0.25) is 0 Å². The molecular formula is C12H12ClNO3. The molecule has 1 aromatic carbocycles. The van der Waals surface area contributed by atoms with E-state index in [1.807, 2.05) is 12.1 Å². The minimum absolute atomic E-state index is 0.315. The van der Waals surface area contributed by atoms with E-state index in [2.05, 4.69) is 4.98 Å². The molecule has 90 valence electrons. The van der Waals surface area contributed by atoms with Gasteiger partial charge < -0.3 is 13.9 Å². The number of aromatic nitrogens is 1. The van der Waals surface area contributed by atoms with Gasteiger partial charge in [-0.05, 0) is 18.2 Å². The molecule has 2 aromatic rings. The second kappa shape index (κ2) is 5.10. The van der Waals surface area contributed by atoms with Gasteiger partial charge in [0.05, 0.1) is 31.4 Å². The second-order valence-electron chi connectivity index (χ2n) is 3.34. The first-order valence-corrected chi connectivity index (χ1v) is 5.54. The van der Waals surface area contributed by atoms with Crippen molar-refractivity contribution in [3.05, 3.63) is 30.2 Å². The average molecular weight is 254 g/mol. The Kier molecular flexibility index (Phi) is 3.54. The molecule has 0 N–H and O–H groups in total. The molecule has 1 aromatic heterocycles. The van der Waals surface area contributed by atoms with Crippen molar-refractivity contribution in [3.63, 3.8) is 0 Å². The highest BCUT2D eigenvalue weighted by Crippen LogP contribution is 2.32. The Hall–Kier alpha value is -1.68. The van der Waals surface area contributed by atoms with Gasteiger partial charge in [0.2, 0.25) is 5.89 Å². The zero-order valence-electron chi connectivity index (χ0n) is 9.57. The van der Waals surface area contributed by atoms with Crippen LogP contribution in [0.5, 0.6) is 11.5 Å². The maximum atomic E-state index is 5.68. The molecule has 0 saturated carbocycles. The summed E-state index contributed by atoms with van der Waals surface area (Å²) in [6, 6.07) is 5.43. The third-order valence-corrected chi connectivity index (χ3v) is 2.60. The van der Waals surface area contributed by atoms with E-state index in [-0.39, 0.29) is 0 Å². The number of alkyl halides is 1. The second-order valence-corrected chi connectivity index (χ2v) is 3.61. The lowest BCUT2D eigenvalue weighted by Crippen LogP contribution is -1.90. The van der Waals surface area contributed by atoms with E-state index in [1.54, 1.807) is 20.3 Å². The quantitative estimate of drug-likeness (QED) is 0.786. The number of methoxy groups -OCH3 is 2. The smallest absolute Gasteiger partial charge is 0.230 e. The number of halogens is 1. The monoisotopic (exact) mass is 253 g/mol. The molecule has 0 radical (unpaired) electrons. The van der Waals surface area contributed by atoms with Crippen LogP contribution in [0.2, 0.25) is 0 Å². The first kappa shape index (κ1) is 11.8. The molecular weight excluding hydrogens is 242 g/mol. The van der Waals surface area contributed by atoms with Crippen LogP contribution in [0.4, 0.5) is 0 Å². The van der Waals surface area contributed by atoms with Crippen molar-refractivity contribution >= 4 is 11.6 Å². The van der Waals surface area contributed by atoms with Gasteiger partial charge in [-0.25, -0.2) is 4.98 Å². The Morgan fingerprint density at radius 2 is 2.12 bits per heavy atom. The van der Waals surface area contributed by atoms with Crippen molar-refractivity contribution in [2.75, 3.05) is 14.2 Å². The Morgan fingerprint density at radius 3 is 2.71 bits per heavy atom. The Labute approximate surface area is 104 Å². The molecule has 0 spiro atoms. The molecule has 0 aliphatic rings. The van der Waals surface area contributed by atoms with Gasteiger partial charge in [-0.2, -0.15) is 0 Å². The fraction of sp³-hybridized carbons (Fsp3) is 0.250. The molecule has 0 bridgehead atoms. The molecule has 1 heterocycles. The lowest BCUT2D eigenvalue weighted by molar-refractivity contribution is 0.403. The topological polar surface area (TPSA) is 44.5 Å². The first-order valence-electron chi connectivity index (χ1n) is 5.01. The molecule has 4 nitrogen and oxygen atoms in total. The molecule has 5 heteroatoms. The Bertz CT molecular complexity index is 510. The molecule has 0 fully saturated rings. The summed E-state index contributed by atoms with van der Waals surface area (Å²) in [5.41, 5.74) is 1.43. The molecule has 0 unspecified atom stereocenters. The lowest BCUT2D eigenvalue weighted by Gasteiger charge is -2.07. The van der Waals surface area contributed by atoms with E-state index in [0.29, 0.717) is 29.0 Å². The van der Waals surface area contributed by atoms with Gasteiger partial charge >= 0.3 is 0 Å². The van der Waals surface area contributed by atoms with E-state index in [0.717, 1.165) is 5.56 Å². The van der Waals surface area contributed by atoms with Crippen molar-refractivity contribution in [1.82, 2.24) is 4.98 Å². The summed E-state index contributed by atoms with van der Waals surface area (Å²) >= 11 is 5.68. The molecule has 0 amide bonds. The minimum Gasteiger partial charge on any atom is -0.497 e. The van der Waals surface area contributed by atoms with Crippen LogP contribution in [0.25, 0.3) is 11.5 Å². The molecule has 0 aliphatic carbocycles. The number of rotatable bonds is 4. The van der Waals surface area contributed by atoms with E-state index in [1.165, 1.54) is 6.26 Å². The highest BCUT2D eigenvalue weighted by molar-refractivity contribution is 6.16. The van der Waals surface area contributed by atoms with Crippen LogP contribution in [0.3, 0.4) is 0 Å². The van der Waals surface area contributed by atoms with Crippen molar-refractivity contribution in [3.8, 4) is 23.0 Å². The summed E-state index contributed by atoms with van der Waals surface area (Å²) in [5.74, 6) is 2.17. The summed E-state index contributed by atoms with van der Waals surface area (Å²) in [6.07, 6.45) is 1.53. The molecule has 2 rings (SSSR count). The summed E-state index contributed by atoms with van der Waals surface area (Å²) < 4.78 is 15.8. The van der Waals surface area contributed by atoms with Gasteiger partial charge in [-0.15, -0.1) is 11.6 Å². The van der Waals surface area contributed by atoms with Crippen LogP contribution in [-0.4, -0.2) is 19.2 Å². The van der Waals surface area contributed by atoms with E-state index in [4.69, 9.17) is 25.5 Å². The summed E-state index contributed by atoms with van der Waals surface area (Å²) in [5, 5.41) is 0. The van der Waals surface area contributed by atoms with Gasteiger partial charge in [0.25, 0.3) is 0 Å². The number of ether oxygens (including phenoxy) is 2. The maximum Gasteiger partial charge on any atom is 0.230 e. The largest absolute Gasteiger partial charge is 0.497 e. The summed E-state index contributed by atoms with van der Waals surface area (Å²) in [7, 11) is 3.20. The molecule has 17 heavy (non-hydrogen) atoms. The predicted molar refractivity (Wildman–Crippen MR) is 64.6 cm³/mol. The van der Waals surface area contributed by atoms with Crippen LogP contribution >= 0.6 is 11.6 Å². The van der Waals surface area contributed by atoms with Gasteiger partial charge in [0.1, 0.15) is 17.8 Å². The fourth-order valence-electron chi connectivity index (χ4n) is 1.47. The molecule has 0 atom stereocenters. The van der Waals surface area contributed by atoms with Gasteiger partial charge in [-0.1, -0.05) is 0 Å². The molecule has 0 saturated heterocycles. The average Bonchev–Trinajstić information content (AvgIpc) is 2.86. The zero-order chi connectivity index (χ0) is 12.3. The van der Waals surface area contributed by atoms with Crippen LogP contribution in [-0.2, 0) is 5.88 Å².